The second-order valence-corrected chi connectivity index (χ2v) is 5.97. The van der Waals surface area contributed by atoms with Gasteiger partial charge in [0.1, 0.15) is 5.52 Å². The molecular weight excluding hydrogens is 284 g/mol. The van der Waals surface area contributed by atoms with Gasteiger partial charge in [0.2, 0.25) is 5.95 Å². The summed E-state index contributed by atoms with van der Waals surface area (Å²) in [6.07, 6.45) is 3.60. The molecule has 1 saturated carbocycles. The van der Waals surface area contributed by atoms with Crippen LogP contribution in [-0.2, 0) is 0 Å². The SMILES string of the molecule is CCCC(O)C1C(CO)CC1n1cnc2c(N)nc(N)nc21. The summed E-state index contributed by atoms with van der Waals surface area (Å²) >= 11 is 0. The highest BCUT2D eigenvalue weighted by Gasteiger charge is 2.46. The molecule has 0 aromatic carbocycles. The molecule has 6 N–H and O–H groups in total. The first-order valence-electron chi connectivity index (χ1n) is 7.61. The minimum Gasteiger partial charge on any atom is -0.396 e. The van der Waals surface area contributed by atoms with Crippen LogP contribution >= 0.6 is 0 Å². The molecule has 2 heterocycles. The topological polar surface area (TPSA) is 136 Å². The summed E-state index contributed by atoms with van der Waals surface area (Å²) in [5.41, 5.74) is 12.6. The largest absolute Gasteiger partial charge is 0.396 e. The molecule has 0 saturated heterocycles. The molecule has 3 rings (SSSR count). The van der Waals surface area contributed by atoms with Crippen molar-refractivity contribution in [2.75, 3.05) is 18.1 Å². The second kappa shape index (κ2) is 5.69. The van der Waals surface area contributed by atoms with Crippen molar-refractivity contribution >= 4 is 22.9 Å². The van der Waals surface area contributed by atoms with Gasteiger partial charge in [0, 0.05) is 18.6 Å². The highest BCUT2D eigenvalue weighted by Crippen LogP contribution is 2.47. The van der Waals surface area contributed by atoms with Gasteiger partial charge in [0.15, 0.2) is 11.5 Å². The lowest BCUT2D eigenvalue weighted by Gasteiger charge is -2.47. The molecule has 0 radical (unpaired) electrons. The average Bonchev–Trinajstić information content (AvgIpc) is 2.82. The van der Waals surface area contributed by atoms with Crippen LogP contribution in [0.1, 0.15) is 32.2 Å². The lowest BCUT2D eigenvalue weighted by molar-refractivity contribution is -0.0574. The number of rotatable bonds is 5. The molecule has 120 valence electrons. The van der Waals surface area contributed by atoms with Gasteiger partial charge in [-0.2, -0.15) is 9.97 Å². The second-order valence-electron chi connectivity index (χ2n) is 5.97. The third-order valence-corrected chi connectivity index (χ3v) is 4.62. The van der Waals surface area contributed by atoms with Crippen molar-refractivity contribution in [2.24, 2.45) is 11.8 Å². The highest BCUT2D eigenvalue weighted by atomic mass is 16.3. The fourth-order valence-electron chi connectivity index (χ4n) is 3.50. The number of hydrogen-bond donors (Lipinski definition) is 4. The van der Waals surface area contributed by atoms with Gasteiger partial charge in [0.05, 0.1) is 12.4 Å². The van der Waals surface area contributed by atoms with Crippen LogP contribution in [0, 0.1) is 11.8 Å². The zero-order valence-corrected chi connectivity index (χ0v) is 12.6. The van der Waals surface area contributed by atoms with Crippen LogP contribution in [0.2, 0.25) is 0 Å². The van der Waals surface area contributed by atoms with Crippen molar-refractivity contribution < 1.29 is 10.2 Å². The summed E-state index contributed by atoms with van der Waals surface area (Å²) in [4.78, 5) is 12.4. The molecule has 1 aliphatic rings. The van der Waals surface area contributed by atoms with E-state index in [9.17, 15) is 10.2 Å². The van der Waals surface area contributed by atoms with E-state index in [4.69, 9.17) is 11.5 Å². The number of nitrogen functional groups attached to an aromatic ring is 2. The predicted molar refractivity (Wildman–Crippen MR) is 82.8 cm³/mol. The monoisotopic (exact) mass is 306 g/mol. The fourth-order valence-corrected chi connectivity index (χ4v) is 3.50. The van der Waals surface area contributed by atoms with Gasteiger partial charge in [-0.15, -0.1) is 0 Å². The molecule has 2 aromatic heterocycles. The molecule has 8 heteroatoms. The maximum atomic E-state index is 10.4. The Kier molecular flexibility index (Phi) is 3.88. The summed E-state index contributed by atoms with van der Waals surface area (Å²) in [5, 5.41) is 19.9. The summed E-state index contributed by atoms with van der Waals surface area (Å²) in [6, 6.07) is 0.0393. The summed E-state index contributed by atoms with van der Waals surface area (Å²) in [5.74, 6) is 0.445. The summed E-state index contributed by atoms with van der Waals surface area (Å²) in [7, 11) is 0. The Bertz CT molecular complexity index is 673. The molecule has 1 fully saturated rings. The van der Waals surface area contributed by atoms with Gasteiger partial charge >= 0.3 is 0 Å². The van der Waals surface area contributed by atoms with E-state index in [0.29, 0.717) is 17.6 Å². The van der Waals surface area contributed by atoms with E-state index in [1.807, 2.05) is 11.5 Å². The number of anilines is 2. The maximum absolute atomic E-state index is 10.4. The molecule has 1 aliphatic carbocycles. The quantitative estimate of drug-likeness (QED) is 0.624. The highest BCUT2D eigenvalue weighted by molar-refractivity contribution is 5.82. The average molecular weight is 306 g/mol. The van der Waals surface area contributed by atoms with Crippen LogP contribution < -0.4 is 11.5 Å². The summed E-state index contributed by atoms with van der Waals surface area (Å²) in [6.45, 7) is 2.11. The number of imidazole rings is 1. The third kappa shape index (κ3) is 2.28. The number of hydrogen-bond acceptors (Lipinski definition) is 7. The minimum absolute atomic E-state index is 0.0141. The van der Waals surface area contributed by atoms with Crippen LogP contribution in [0.15, 0.2) is 6.33 Å². The number of aliphatic hydroxyl groups is 2. The first-order valence-corrected chi connectivity index (χ1v) is 7.61. The van der Waals surface area contributed by atoms with E-state index in [2.05, 4.69) is 15.0 Å². The van der Waals surface area contributed by atoms with Crippen molar-refractivity contribution in [3.05, 3.63) is 6.33 Å². The number of aromatic nitrogens is 4. The van der Waals surface area contributed by atoms with Crippen LogP contribution in [-0.4, -0.2) is 42.4 Å². The van der Waals surface area contributed by atoms with Crippen LogP contribution in [0.4, 0.5) is 11.8 Å². The van der Waals surface area contributed by atoms with Crippen molar-refractivity contribution in [2.45, 2.75) is 38.3 Å². The van der Waals surface area contributed by atoms with Gasteiger partial charge in [0.25, 0.3) is 0 Å². The van der Waals surface area contributed by atoms with E-state index in [-0.39, 0.29) is 36.3 Å². The molecule has 0 aliphatic heterocycles. The first-order chi connectivity index (χ1) is 10.6. The zero-order chi connectivity index (χ0) is 15.9. The first kappa shape index (κ1) is 15.0. The molecular formula is C14H22N6O2. The number of aliphatic hydroxyl groups excluding tert-OH is 2. The van der Waals surface area contributed by atoms with Gasteiger partial charge in [-0.3, -0.25) is 0 Å². The Balaban J connectivity index is 1.97. The van der Waals surface area contributed by atoms with Crippen molar-refractivity contribution in [1.29, 1.82) is 0 Å². The lowest BCUT2D eigenvalue weighted by atomic mass is 9.66. The molecule has 22 heavy (non-hydrogen) atoms. The van der Waals surface area contributed by atoms with Crippen molar-refractivity contribution in [1.82, 2.24) is 19.5 Å². The number of fused-ring (bicyclic) bond motifs is 1. The molecule has 0 amide bonds. The fraction of sp³-hybridized carbons (Fsp3) is 0.643. The van der Waals surface area contributed by atoms with Gasteiger partial charge in [-0.25, -0.2) is 4.98 Å². The van der Waals surface area contributed by atoms with Crippen LogP contribution in [0.25, 0.3) is 11.2 Å². The molecule has 4 atom stereocenters. The number of nitrogens with two attached hydrogens (primary N) is 2. The zero-order valence-electron chi connectivity index (χ0n) is 12.6. The van der Waals surface area contributed by atoms with E-state index in [0.717, 1.165) is 12.8 Å². The van der Waals surface area contributed by atoms with Gasteiger partial charge < -0.3 is 26.2 Å². The lowest BCUT2D eigenvalue weighted by Crippen LogP contribution is -2.47. The molecule has 0 bridgehead atoms. The van der Waals surface area contributed by atoms with E-state index >= 15 is 0 Å². The Labute approximate surface area is 128 Å². The summed E-state index contributed by atoms with van der Waals surface area (Å²) < 4.78 is 1.90. The van der Waals surface area contributed by atoms with E-state index in [1.165, 1.54) is 0 Å². The van der Waals surface area contributed by atoms with Gasteiger partial charge in [-0.1, -0.05) is 13.3 Å². The van der Waals surface area contributed by atoms with Crippen LogP contribution in [0.3, 0.4) is 0 Å². The standard InChI is InChI=1S/C14H22N6O2/c1-2-3-9(22)10-7(5-21)4-8(10)20-6-17-11-12(15)18-14(16)19-13(11)20/h6-10,21-22H,2-5H2,1H3,(H4,15,16,18,19). The van der Waals surface area contributed by atoms with Crippen molar-refractivity contribution in [3.8, 4) is 0 Å². The predicted octanol–water partition coefficient (Wildman–Crippen LogP) is 0.321. The van der Waals surface area contributed by atoms with Gasteiger partial charge in [-0.05, 0) is 18.8 Å². The number of nitrogens with zero attached hydrogens (tertiary/aromatic N) is 4. The smallest absolute Gasteiger partial charge is 0.224 e. The van der Waals surface area contributed by atoms with E-state index < -0.39 is 6.10 Å². The normalized spacial score (nSPS) is 26.0. The van der Waals surface area contributed by atoms with Crippen LogP contribution in [0.5, 0.6) is 0 Å². The Morgan fingerprint density at radius 1 is 1.41 bits per heavy atom. The molecule has 0 spiro atoms. The van der Waals surface area contributed by atoms with Crippen molar-refractivity contribution in [3.63, 3.8) is 0 Å². The molecule has 8 nitrogen and oxygen atoms in total. The Hall–Kier alpha value is -1.93. The molecule has 2 aromatic rings. The maximum Gasteiger partial charge on any atom is 0.224 e. The van der Waals surface area contributed by atoms with E-state index in [1.54, 1.807) is 6.33 Å². The molecule has 4 unspecified atom stereocenters. The Morgan fingerprint density at radius 3 is 2.86 bits per heavy atom. The minimum atomic E-state index is -0.449. The third-order valence-electron chi connectivity index (χ3n) is 4.62. The Morgan fingerprint density at radius 2 is 2.18 bits per heavy atom.